The van der Waals surface area contributed by atoms with Crippen molar-refractivity contribution >= 4 is 33.6 Å². The van der Waals surface area contributed by atoms with E-state index in [0.29, 0.717) is 23.7 Å². The fourth-order valence-corrected chi connectivity index (χ4v) is 5.08. The van der Waals surface area contributed by atoms with Crippen LogP contribution in [0.4, 0.5) is 0 Å². The van der Waals surface area contributed by atoms with E-state index in [2.05, 4.69) is 26.4 Å². The first-order valence-electron chi connectivity index (χ1n) is 12.2. The van der Waals surface area contributed by atoms with Crippen molar-refractivity contribution in [3.63, 3.8) is 0 Å². The third-order valence-corrected chi connectivity index (χ3v) is 6.99. The third-order valence-electron chi connectivity index (χ3n) is 6.99. The monoisotopic (exact) mass is 470 g/mol. The van der Waals surface area contributed by atoms with Gasteiger partial charge in [-0.05, 0) is 80.0 Å². The molecule has 5 rings (SSSR count). The van der Waals surface area contributed by atoms with Crippen LogP contribution in [0.1, 0.15) is 51.6 Å². The number of carbonyl (C=O) groups excluding carboxylic acids is 2. The van der Waals surface area contributed by atoms with Gasteiger partial charge in [-0.15, -0.1) is 0 Å². The molecule has 1 fully saturated rings. The average molecular weight is 471 g/mol. The lowest BCUT2D eigenvalue weighted by Gasteiger charge is -2.32. The van der Waals surface area contributed by atoms with Gasteiger partial charge in [0.2, 0.25) is 0 Å². The van der Waals surface area contributed by atoms with E-state index in [9.17, 15) is 9.59 Å². The number of amides is 1. The Morgan fingerprint density at radius 1 is 1.11 bits per heavy atom. The number of fused-ring (bicyclic) bond motifs is 2. The van der Waals surface area contributed by atoms with Crippen LogP contribution in [0.2, 0.25) is 0 Å². The number of piperidine rings is 1. The normalized spacial score (nSPS) is 14.9. The smallest absolute Gasteiger partial charge is 0.337 e. The maximum absolute atomic E-state index is 12.7. The van der Waals surface area contributed by atoms with Gasteiger partial charge in [0.1, 0.15) is 5.69 Å². The van der Waals surface area contributed by atoms with Gasteiger partial charge in [-0.3, -0.25) is 9.78 Å². The van der Waals surface area contributed by atoms with E-state index in [0.717, 1.165) is 60.6 Å². The Hall–Kier alpha value is -3.71. The van der Waals surface area contributed by atoms with Gasteiger partial charge in [-0.1, -0.05) is 24.3 Å². The number of rotatable bonds is 7. The molecule has 180 valence electrons. The highest BCUT2D eigenvalue weighted by molar-refractivity contribution is 6.05. The standard InChI is InChI=1S/C28H30N4O3/c1-35-28(34)21-7-8-25-23(17-21)24(18-31-25)20-10-15-32(16-11-20)14-4-12-30-27(33)26-22-6-3-2-5-19(22)9-13-29-26/h2-3,5-9,13,17-18,20,31H,4,10-12,14-16H2,1H3,(H,30,33). The molecule has 1 aliphatic rings. The van der Waals surface area contributed by atoms with Crippen molar-refractivity contribution in [1.29, 1.82) is 0 Å². The number of likely N-dealkylation sites (tertiary alicyclic amines) is 1. The molecule has 1 aliphatic heterocycles. The summed E-state index contributed by atoms with van der Waals surface area (Å²) >= 11 is 0. The van der Waals surface area contributed by atoms with Crippen LogP contribution in [-0.4, -0.2) is 60.0 Å². The van der Waals surface area contributed by atoms with Crippen molar-refractivity contribution in [2.45, 2.75) is 25.2 Å². The Balaban J connectivity index is 1.11. The molecule has 0 atom stereocenters. The highest BCUT2D eigenvalue weighted by Gasteiger charge is 2.23. The van der Waals surface area contributed by atoms with Gasteiger partial charge >= 0.3 is 5.97 Å². The molecule has 0 bridgehead atoms. The van der Waals surface area contributed by atoms with Crippen LogP contribution in [0.15, 0.2) is 60.9 Å². The number of hydrogen-bond donors (Lipinski definition) is 2. The molecule has 0 unspecified atom stereocenters. The topological polar surface area (TPSA) is 87.3 Å². The van der Waals surface area contributed by atoms with Crippen molar-refractivity contribution in [2.24, 2.45) is 0 Å². The molecule has 0 radical (unpaired) electrons. The summed E-state index contributed by atoms with van der Waals surface area (Å²) in [7, 11) is 1.41. The minimum absolute atomic E-state index is 0.119. The molecule has 1 saturated heterocycles. The Morgan fingerprint density at radius 3 is 2.77 bits per heavy atom. The number of hydrogen-bond acceptors (Lipinski definition) is 5. The van der Waals surface area contributed by atoms with Crippen molar-refractivity contribution < 1.29 is 14.3 Å². The zero-order valence-electron chi connectivity index (χ0n) is 19.9. The zero-order valence-corrected chi connectivity index (χ0v) is 19.9. The van der Waals surface area contributed by atoms with Gasteiger partial charge in [-0.25, -0.2) is 4.79 Å². The van der Waals surface area contributed by atoms with Gasteiger partial charge in [0, 0.05) is 35.2 Å². The van der Waals surface area contributed by atoms with Gasteiger partial charge in [0.25, 0.3) is 5.91 Å². The summed E-state index contributed by atoms with van der Waals surface area (Å²) in [6.07, 6.45) is 6.81. The number of aromatic amines is 1. The second-order valence-electron chi connectivity index (χ2n) is 9.10. The molecule has 35 heavy (non-hydrogen) atoms. The van der Waals surface area contributed by atoms with Crippen LogP contribution in [-0.2, 0) is 4.74 Å². The summed E-state index contributed by atoms with van der Waals surface area (Å²) < 4.78 is 4.88. The molecule has 0 saturated carbocycles. The minimum atomic E-state index is -0.308. The van der Waals surface area contributed by atoms with Crippen LogP contribution < -0.4 is 5.32 Å². The number of esters is 1. The molecular weight excluding hydrogens is 440 g/mol. The molecule has 7 nitrogen and oxygen atoms in total. The molecule has 7 heteroatoms. The first-order valence-corrected chi connectivity index (χ1v) is 12.2. The van der Waals surface area contributed by atoms with Crippen LogP contribution in [0.25, 0.3) is 21.7 Å². The second kappa shape index (κ2) is 10.3. The van der Waals surface area contributed by atoms with Gasteiger partial charge in [0.05, 0.1) is 12.7 Å². The van der Waals surface area contributed by atoms with E-state index >= 15 is 0 Å². The molecule has 3 heterocycles. The molecule has 2 aromatic heterocycles. The predicted octanol–water partition coefficient (Wildman–Crippen LogP) is 4.50. The summed E-state index contributed by atoms with van der Waals surface area (Å²) in [4.78, 5) is 34.7. The maximum atomic E-state index is 12.7. The van der Waals surface area contributed by atoms with Crippen molar-refractivity contribution in [1.82, 2.24) is 20.2 Å². The predicted molar refractivity (Wildman–Crippen MR) is 137 cm³/mol. The van der Waals surface area contributed by atoms with E-state index in [1.54, 1.807) is 12.3 Å². The molecule has 2 N–H and O–H groups in total. The summed E-state index contributed by atoms with van der Waals surface area (Å²) in [6, 6.07) is 15.4. The number of H-pyrrole nitrogens is 1. The molecule has 0 aliphatic carbocycles. The lowest BCUT2D eigenvalue weighted by molar-refractivity contribution is 0.0600. The highest BCUT2D eigenvalue weighted by Crippen LogP contribution is 2.33. The first kappa shape index (κ1) is 23.1. The van der Waals surface area contributed by atoms with Crippen molar-refractivity contribution in [3.8, 4) is 0 Å². The van der Waals surface area contributed by atoms with Gasteiger partial charge in [-0.2, -0.15) is 0 Å². The minimum Gasteiger partial charge on any atom is -0.465 e. The van der Waals surface area contributed by atoms with Crippen LogP contribution in [0.3, 0.4) is 0 Å². The number of benzene rings is 2. The Bertz CT molecular complexity index is 1350. The largest absolute Gasteiger partial charge is 0.465 e. The Kier molecular flexibility index (Phi) is 6.77. The van der Waals surface area contributed by atoms with E-state index in [1.807, 2.05) is 42.5 Å². The summed E-state index contributed by atoms with van der Waals surface area (Å²) in [5.74, 6) is 0.0356. The lowest BCUT2D eigenvalue weighted by atomic mass is 9.89. The van der Waals surface area contributed by atoms with Crippen LogP contribution in [0, 0.1) is 0 Å². The number of methoxy groups -OCH3 is 1. The number of carbonyl (C=O) groups is 2. The van der Waals surface area contributed by atoms with Gasteiger partial charge in [0.15, 0.2) is 0 Å². The number of ether oxygens (including phenoxy) is 1. The molecule has 4 aromatic rings. The Morgan fingerprint density at radius 2 is 1.94 bits per heavy atom. The Labute approximate surface area is 204 Å². The number of pyridine rings is 1. The quantitative estimate of drug-likeness (QED) is 0.307. The fourth-order valence-electron chi connectivity index (χ4n) is 5.08. The summed E-state index contributed by atoms with van der Waals surface area (Å²) in [6.45, 7) is 3.62. The maximum Gasteiger partial charge on any atom is 0.337 e. The second-order valence-corrected chi connectivity index (χ2v) is 9.10. The molecule has 1 amide bonds. The highest BCUT2D eigenvalue weighted by atomic mass is 16.5. The number of nitrogens with zero attached hydrogens (tertiary/aromatic N) is 2. The summed E-state index contributed by atoms with van der Waals surface area (Å²) in [5, 5.41) is 6.04. The molecule has 0 spiro atoms. The lowest BCUT2D eigenvalue weighted by Crippen LogP contribution is -2.35. The number of aromatic nitrogens is 2. The number of nitrogens with one attached hydrogen (secondary N) is 2. The van der Waals surface area contributed by atoms with E-state index in [-0.39, 0.29) is 11.9 Å². The molecular formula is C28H30N4O3. The fraction of sp³-hybridized carbons (Fsp3) is 0.321. The van der Waals surface area contributed by atoms with E-state index < -0.39 is 0 Å². The van der Waals surface area contributed by atoms with Crippen molar-refractivity contribution in [3.05, 3.63) is 77.7 Å². The van der Waals surface area contributed by atoms with Crippen molar-refractivity contribution in [2.75, 3.05) is 33.3 Å². The van der Waals surface area contributed by atoms with Crippen LogP contribution >= 0.6 is 0 Å². The zero-order chi connectivity index (χ0) is 24.2. The molecule has 2 aromatic carbocycles. The summed E-state index contributed by atoms with van der Waals surface area (Å²) in [5.41, 5.74) is 3.39. The van der Waals surface area contributed by atoms with Gasteiger partial charge < -0.3 is 19.9 Å². The first-order chi connectivity index (χ1) is 17.1. The SMILES string of the molecule is COC(=O)c1ccc2[nH]cc(C3CCN(CCCNC(=O)c4nccc5ccccc45)CC3)c2c1. The van der Waals surface area contributed by atoms with E-state index in [4.69, 9.17) is 4.74 Å². The van der Waals surface area contributed by atoms with E-state index in [1.165, 1.54) is 12.7 Å². The van der Waals surface area contributed by atoms with Crippen LogP contribution in [0.5, 0.6) is 0 Å². The third kappa shape index (κ3) is 4.91. The average Bonchev–Trinajstić information content (AvgIpc) is 3.34.